The second-order valence-corrected chi connectivity index (χ2v) is 7.78. The van der Waals surface area contributed by atoms with Crippen LogP contribution in [-0.2, 0) is 16.1 Å². The molecule has 4 nitrogen and oxygen atoms in total. The van der Waals surface area contributed by atoms with E-state index in [4.69, 9.17) is 32.7 Å². The van der Waals surface area contributed by atoms with Crippen LogP contribution in [0.1, 0.15) is 40.2 Å². The summed E-state index contributed by atoms with van der Waals surface area (Å²) in [6.45, 7) is 0.389. The fourth-order valence-electron chi connectivity index (χ4n) is 3.30. The van der Waals surface area contributed by atoms with Crippen molar-refractivity contribution < 1.29 is 19.1 Å². The smallest absolute Gasteiger partial charge is 0.305 e. The van der Waals surface area contributed by atoms with Crippen LogP contribution < -0.4 is 4.74 Å². The summed E-state index contributed by atoms with van der Waals surface area (Å²) < 4.78 is 10.6. The molecule has 0 N–H and O–H groups in total. The van der Waals surface area contributed by atoms with E-state index >= 15 is 0 Å². The molecule has 0 spiro atoms. The van der Waals surface area contributed by atoms with E-state index in [2.05, 4.69) is 0 Å². The summed E-state index contributed by atoms with van der Waals surface area (Å²) in [5.41, 5.74) is 1.99. The highest BCUT2D eigenvalue weighted by atomic mass is 35.5. The number of hydrogen-bond donors (Lipinski definition) is 0. The summed E-state index contributed by atoms with van der Waals surface area (Å²) in [6.07, 6.45) is 0.294. The predicted molar refractivity (Wildman–Crippen MR) is 122 cm³/mol. The number of carbonyl (C=O) groups is 2. The Labute approximate surface area is 191 Å². The van der Waals surface area contributed by atoms with E-state index in [-0.39, 0.29) is 18.6 Å². The van der Waals surface area contributed by atoms with E-state index in [0.29, 0.717) is 33.5 Å². The molecular weight excluding hydrogens is 435 g/mol. The zero-order valence-electron chi connectivity index (χ0n) is 17.0. The summed E-state index contributed by atoms with van der Waals surface area (Å²) in [4.78, 5) is 25.2. The van der Waals surface area contributed by atoms with Crippen LogP contribution in [0.3, 0.4) is 0 Å². The fraction of sp³-hybridized carbons (Fsp3) is 0.200. The Morgan fingerprint density at radius 3 is 2.26 bits per heavy atom. The average Bonchev–Trinajstić information content (AvgIpc) is 2.79. The lowest BCUT2D eigenvalue weighted by molar-refractivity contribution is -0.140. The minimum Gasteiger partial charge on any atom is -0.489 e. The Morgan fingerprint density at radius 1 is 0.903 bits per heavy atom. The van der Waals surface area contributed by atoms with Crippen molar-refractivity contribution in [3.8, 4) is 5.75 Å². The first kappa shape index (κ1) is 22.9. The Bertz CT molecular complexity index is 1030. The van der Waals surface area contributed by atoms with E-state index in [9.17, 15) is 9.59 Å². The van der Waals surface area contributed by atoms with Gasteiger partial charge in [0.15, 0.2) is 5.78 Å². The third-order valence-electron chi connectivity index (χ3n) is 4.90. The van der Waals surface area contributed by atoms with Gasteiger partial charge in [-0.1, -0.05) is 71.7 Å². The minimum atomic E-state index is -0.690. The highest BCUT2D eigenvalue weighted by Crippen LogP contribution is 2.36. The van der Waals surface area contributed by atoms with Gasteiger partial charge in [0.2, 0.25) is 0 Å². The normalized spacial score (nSPS) is 11.6. The third kappa shape index (κ3) is 6.09. The van der Waals surface area contributed by atoms with Crippen LogP contribution in [0.2, 0.25) is 10.0 Å². The molecule has 0 aliphatic heterocycles. The number of carbonyl (C=O) groups excluding carboxylic acids is 2. The van der Waals surface area contributed by atoms with Gasteiger partial charge in [0, 0.05) is 27.6 Å². The highest BCUT2D eigenvalue weighted by Gasteiger charge is 2.27. The van der Waals surface area contributed by atoms with Gasteiger partial charge in [-0.05, 0) is 36.2 Å². The first-order chi connectivity index (χ1) is 15.0. The first-order valence-corrected chi connectivity index (χ1v) is 10.6. The molecule has 3 aromatic carbocycles. The van der Waals surface area contributed by atoms with Gasteiger partial charge in [0.05, 0.1) is 13.0 Å². The van der Waals surface area contributed by atoms with E-state index in [1.807, 2.05) is 30.3 Å². The van der Waals surface area contributed by atoms with E-state index in [0.717, 1.165) is 5.56 Å². The summed E-state index contributed by atoms with van der Waals surface area (Å²) >= 11 is 12.8. The zero-order valence-corrected chi connectivity index (χ0v) is 18.5. The number of ketones is 1. The second kappa shape index (κ2) is 11.0. The number of rotatable bonds is 9. The van der Waals surface area contributed by atoms with Gasteiger partial charge in [0.1, 0.15) is 12.4 Å². The van der Waals surface area contributed by atoms with E-state index in [1.54, 1.807) is 42.5 Å². The standard InChI is InChI=1S/C25H22Cl2O4/c1-30-23(28)14-13-20(24-21(26)11-6-12-22(24)27)25(29)18-9-5-10-19(15-18)31-16-17-7-3-2-4-8-17/h2-12,15,20H,13-14,16H2,1H3. The van der Waals surface area contributed by atoms with Crippen LogP contribution in [0.4, 0.5) is 0 Å². The van der Waals surface area contributed by atoms with Crippen molar-refractivity contribution in [2.24, 2.45) is 0 Å². The van der Waals surface area contributed by atoms with Crippen LogP contribution in [0, 0.1) is 0 Å². The molecule has 3 aromatic rings. The molecule has 0 fully saturated rings. The lowest BCUT2D eigenvalue weighted by atomic mass is 9.86. The molecule has 0 saturated carbocycles. The molecule has 0 saturated heterocycles. The van der Waals surface area contributed by atoms with Gasteiger partial charge in [-0.15, -0.1) is 0 Å². The first-order valence-electron chi connectivity index (χ1n) is 9.81. The zero-order chi connectivity index (χ0) is 22.2. The lowest BCUT2D eigenvalue weighted by Gasteiger charge is -2.19. The van der Waals surface area contributed by atoms with Crippen molar-refractivity contribution >= 4 is 35.0 Å². The van der Waals surface area contributed by atoms with Crippen molar-refractivity contribution in [1.82, 2.24) is 0 Å². The lowest BCUT2D eigenvalue weighted by Crippen LogP contribution is -2.16. The Balaban J connectivity index is 1.85. The maximum absolute atomic E-state index is 13.5. The summed E-state index contributed by atoms with van der Waals surface area (Å²) in [7, 11) is 1.31. The number of hydrogen-bond acceptors (Lipinski definition) is 4. The summed E-state index contributed by atoms with van der Waals surface area (Å²) in [5.74, 6) is -0.707. The molecule has 6 heteroatoms. The molecule has 0 aliphatic rings. The van der Waals surface area contributed by atoms with E-state index < -0.39 is 11.9 Å². The highest BCUT2D eigenvalue weighted by molar-refractivity contribution is 6.36. The van der Waals surface area contributed by atoms with Crippen molar-refractivity contribution in [3.63, 3.8) is 0 Å². The van der Waals surface area contributed by atoms with Gasteiger partial charge in [-0.3, -0.25) is 9.59 Å². The predicted octanol–water partition coefficient (Wildman–Crippen LogP) is 6.49. The van der Waals surface area contributed by atoms with Gasteiger partial charge in [-0.2, -0.15) is 0 Å². The maximum atomic E-state index is 13.5. The maximum Gasteiger partial charge on any atom is 0.305 e. The molecule has 0 radical (unpaired) electrons. The number of esters is 1. The molecule has 160 valence electrons. The Kier molecular flexibility index (Phi) is 8.10. The third-order valence-corrected chi connectivity index (χ3v) is 5.56. The molecule has 31 heavy (non-hydrogen) atoms. The molecular formula is C25H22Cl2O4. The molecule has 0 heterocycles. The molecule has 0 amide bonds. The molecule has 1 unspecified atom stereocenters. The van der Waals surface area contributed by atoms with Gasteiger partial charge >= 0.3 is 5.97 Å². The van der Waals surface area contributed by atoms with Crippen LogP contribution in [0.5, 0.6) is 5.75 Å². The number of Topliss-reactive ketones (excluding diaryl/α,β-unsaturated/α-hetero) is 1. The Hall–Kier alpha value is -2.82. The average molecular weight is 457 g/mol. The second-order valence-electron chi connectivity index (χ2n) is 6.97. The van der Waals surface area contributed by atoms with Crippen molar-refractivity contribution in [2.75, 3.05) is 7.11 Å². The molecule has 0 aliphatic carbocycles. The summed E-state index contributed by atoms with van der Waals surface area (Å²) in [5, 5.41) is 0.763. The molecule has 0 aromatic heterocycles. The van der Waals surface area contributed by atoms with Gasteiger partial charge in [0.25, 0.3) is 0 Å². The SMILES string of the molecule is COC(=O)CCC(C(=O)c1cccc(OCc2ccccc2)c1)c1c(Cl)cccc1Cl. The molecule has 1 atom stereocenters. The molecule has 3 rings (SSSR count). The Morgan fingerprint density at radius 2 is 1.58 bits per heavy atom. The monoisotopic (exact) mass is 456 g/mol. The number of methoxy groups -OCH3 is 1. The fourth-order valence-corrected chi connectivity index (χ4v) is 3.96. The van der Waals surface area contributed by atoms with Crippen LogP contribution in [0.15, 0.2) is 72.8 Å². The van der Waals surface area contributed by atoms with Crippen molar-refractivity contribution in [3.05, 3.63) is 99.5 Å². The van der Waals surface area contributed by atoms with Crippen LogP contribution >= 0.6 is 23.2 Å². The largest absolute Gasteiger partial charge is 0.489 e. The number of ether oxygens (including phenoxy) is 2. The summed E-state index contributed by atoms with van der Waals surface area (Å²) in [6, 6.07) is 21.8. The topological polar surface area (TPSA) is 52.6 Å². The van der Waals surface area contributed by atoms with Gasteiger partial charge < -0.3 is 9.47 Å². The number of benzene rings is 3. The van der Waals surface area contributed by atoms with Gasteiger partial charge in [-0.25, -0.2) is 0 Å². The van der Waals surface area contributed by atoms with Crippen LogP contribution in [0.25, 0.3) is 0 Å². The molecule has 0 bridgehead atoms. The van der Waals surface area contributed by atoms with E-state index in [1.165, 1.54) is 7.11 Å². The number of halogens is 2. The van der Waals surface area contributed by atoms with Crippen molar-refractivity contribution in [2.45, 2.75) is 25.4 Å². The minimum absolute atomic E-state index is 0.0681. The van der Waals surface area contributed by atoms with Crippen molar-refractivity contribution in [1.29, 1.82) is 0 Å². The van der Waals surface area contributed by atoms with Crippen LogP contribution in [-0.4, -0.2) is 18.9 Å². The quantitative estimate of drug-likeness (QED) is 0.272.